The molecule has 1 aromatic heterocycles. The number of nitrogens with zero attached hydrogens (tertiary/aromatic N) is 3. The third kappa shape index (κ3) is 3.78. The summed E-state index contributed by atoms with van der Waals surface area (Å²) in [5.74, 6) is 0.984. The van der Waals surface area contributed by atoms with Crippen molar-refractivity contribution in [1.29, 1.82) is 0 Å². The Hall–Kier alpha value is -1.39. The fourth-order valence-corrected chi connectivity index (χ4v) is 2.37. The van der Waals surface area contributed by atoms with Gasteiger partial charge in [-0.2, -0.15) is 5.10 Å². The molecule has 1 N–H and O–H groups in total. The van der Waals surface area contributed by atoms with E-state index < -0.39 is 0 Å². The molecule has 1 aromatic carbocycles. The van der Waals surface area contributed by atoms with Crippen LogP contribution in [0.25, 0.3) is 0 Å². The summed E-state index contributed by atoms with van der Waals surface area (Å²) in [6.45, 7) is 3.03. The largest absolute Gasteiger partial charge is 0.313 e. The van der Waals surface area contributed by atoms with E-state index in [2.05, 4.69) is 28.4 Å². The van der Waals surface area contributed by atoms with Gasteiger partial charge in [-0.05, 0) is 24.6 Å². The summed E-state index contributed by atoms with van der Waals surface area (Å²) in [4.78, 5) is 4.28. The van der Waals surface area contributed by atoms with Crippen LogP contribution in [0.1, 0.15) is 18.3 Å². The number of halogens is 1. The van der Waals surface area contributed by atoms with Crippen molar-refractivity contribution < 1.29 is 0 Å². The van der Waals surface area contributed by atoms with Gasteiger partial charge in [-0.15, -0.1) is 0 Å². The molecule has 4 nitrogen and oxygen atoms in total. The smallest absolute Gasteiger partial charge is 0.138 e. The van der Waals surface area contributed by atoms with E-state index >= 15 is 0 Å². The van der Waals surface area contributed by atoms with Crippen molar-refractivity contribution in [1.82, 2.24) is 20.1 Å². The Balaban J connectivity index is 2.08. The summed E-state index contributed by atoms with van der Waals surface area (Å²) in [5, 5.41) is 8.41. The van der Waals surface area contributed by atoms with Gasteiger partial charge in [0.25, 0.3) is 0 Å². The van der Waals surface area contributed by atoms with Crippen LogP contribution in [0.15, 0.2) is 30.6 Å². The summed E-state index contributed by atoms with van der Waals surface area (Å²) in [6.07, 6.45) is 3.32. The molecule has 0 saturated heterocycles. The molecule has 19 heavy (non-hydrogen) atoms. The fourth-order valence-electron chi connectivity index (χ4n) is 2.16. The first-order valence-corrected chi connectivity index (χ1v) is 6.88. The van der Waals surface area contributed by atoms with Crippen LogP contribution in [0.3, 0.4) is 0 Å². The first-order valence-electron chi connectivity index (χ1n) is 6.50. The average Bonchev–Trinajstić information content (AvgIpc) is 2.78. The number of hydrogen-bond donors (Lipinski definition) is 1. The van der Waals surface area contributed by atoms with Crippen LogP contribution in [0.5, 0.6) is 0 Å². The van der Waals surface area contributed by atoms with Gasteiger partial charge in [0.15, 0.2) is 0 Å². The predicted molar refractivity (Wildman–Crippen MR) is 77.3 cm³/mol. The minimum Gasteiger partial charge on any atom is -0.313 e. The molecule has 0 saturated carbocycles. The second-order valence-electron chi connectivity index (χ2n) is 4.55. The molecule has 1 heterocycles. The van der Waals surface area contributed by atoms with Crippen LogP contribution in [0.2, 0.25) is 5.02 Å². The zero-order chi connectivity index (χ0) is 13.7. The van der Waals surface area contributed by atoms with Gasteiger partial charge in [0, 0.05) is 24.5 Å². The van der Waals surface area contributed by atoms with E-state index in [0.29, 0.717) is 6.04 Å². The average molecular weight is 279 g/mol. The molecule has 0 aliphatic carbocycles. The summed E-state index contributed by atoms with van der Waals surface area (Å²) < 4.78 is 1.82. The molecular weight excluding hydrogens is 260 g/mol. The van der Waals surface area contributed by atoms with Crippen molar-refractivity contribution in [3.8, 4) is 0 Å². The molecule has 0 bridgehead atoms. The fraction of sp³-hybridized carbons (Fsp3) is 0.429. The number of rotatable bonds is 6. The molecule has 2 aromatic rings. The maximum absolute atomic E-state index is 6.22. The minimum absolute atomic E-state index is 0.313. The van der Waals surface area contributed by atoms with E-state index in [4.69, 9.17) is 11.6 Å². The number of hydrogen-bond acceptors (Lipinski definition) is 3. The summed E-state index contributed by atoms with van der Waals surface area (Å²) in [5.41, 5.74) is 1.16. The van der Waals surface area contributed by atoms with E-state index in [9.17, 15) is 0 Å². The molecule has 1 unspecified atom stereocenters. The topological polar surface area (TPSA) is 42.7 Å². The number of nitrogens with one attached hydrogen (secondary N) is 1. The Morgan fingerprint density at radius 2 is 2.11 bits per heavy atom. The van der Waals surface area contributed by atoms with Crippen LogP contribution in [0.4, 0.5) is 0 Å². The maximum Gasteiger partial charge on any atom is 0.138 e. The quantitative estimate of drug-likeness (QED) is 0.881. The monoisotopic (exact) mass is 278 g/mol. The van der Waals surface area contributed by atoms with Crippen molar-refractivity contribution in [3.05, 3.63) is 47.0 Å². The number of benzene rings is 1. The predicted octanol–water partition coefficient (Wildman–Crippen LogP) is 2.23. The highest BCUT2D eigenvalue weighted by Gasteiger charge is 2.14. The lowest BCUT2D eigenvalue weighted by Gasteiger charge is -2.18. The van der Waals surface area contributed by atoms with E-state index in [1.54, 1.807) is 6.33 Å². The van der Waals surface area contributed by atoms with Crippen molar-refractivity contribution in [2.75, 3.05) is 6.54 Å². The molecule has 5 heteroatoms. The van der Waals surface area contributed by atoms with E-state index in [-0.39, 0.29) is 0 Å². The van der Waals surface area contributed by atoms with Crippen LogP contribution >= 0.6 is 11.6 Å². The highest BCUT2D eigenvalue weighted by molar-refractivity contribution is 6.31. The summed E-state index contributed by atoms with van der Waals surface area (Å²) in [7, 11) is 1.92. The zero-order valence-corrected chi connectivity index (χ0v) is 12.1. The first-order chi connectivity index (χ1) is 9.20. The van der Waals surface area contributed by atoms with Gasteiger partial charge >= 0.3 is 0 Å². The van der Waals surface area contributed by atoms with Crippen molar-refractivity contribution in [3.63, 3.8) is 0 Å². The molecule has 102 valence electrons. The molecular formula is C14H19ClN4. The van der Waals surface area contributed by atoms with Crippen molar-refractivity contribution in [2.45, 2.75) is 25.8 Å². The van der Waals surface area contributed by atoms with Gasteiger partial charge in [0.05, 0.1) is 0 Å². The van der Waals surface area contributed by atoms with Gasteiger partial charge in [-0.25, -0.2) is 4.98 Å². The van der Waals surface area contributed by atoms with Crippen LogP contribution in [0, 0.1) is 0 Å². The number of likely N-dealkylation sites (N-methyl/N-ethyl adjacent to an activating group) is 1. The number of aromatic nitrogens is 3. The Kier molecular flexibility index (Phi) is 4.93. The van der Waals surface area contributed by atoms with E-state index in [1.807, 2.05) is 29.9 Å². The van der Waals surface area contributed by atoms with Gasteiger partial charge in [0.1, 0.15) is 12.2 Å². The lowest BCUT2D eigenvalue weighted by molar-refractivity contribution is 0.499. The van der Waals surface area contributed by atoms with Gasteiger partial charge < -0.3 is 5.32 Å². The minimum atomic E-state index is 0.313. The second kappa shape index (κ2) is 6.68. The lowest BCUT2D eigenvalue weighted by Crippen LogP contribution is -2.34. The van der Waals surface area contributed by atoms with Crippen molar-refractivity contribution >= 4 is 11.6 Å². The lowest BCUT2D eigenvalue weighted by atomic mass is 10.0. The van der Waals surface area contributed by atoms with Gasteiger partial charge in [0.2, 0.25) is 0 Å². The third-order valence-corrected chi connectivity index (χ3v) is 3.52. The Bertz CT molecular complexity index is 524. The molecule has 0 amide bonds. The Morgan fingerprint density at radius 1 is 1.32 bits per heavy atom. The molecule has 0 aliphatic rings. The van der Waals surface area contributed by atoms with Gasteiger partial charge in [-0.3, -0.25) is 4.68 Å². The Labute approximate surface area is 118 Å². The number of aryl methyl sites for hydroxylation is 1. The van der Waals surface area contributed by atoms with E-state index in [1.165, 1.54) is 0 Å². The van der Waals surface area contributed by atoms with Crippen LogP contribution < -0.4 is 5.32 Å². The first kappa shape index (κ1) is 14.0. The summed E-state index contributed by atoms with van der Waals surface area (Å²) >= 11 is 6.22. The molecule has 0 aliphatic heterocycles. The van der Waals surface area contributed by atoms with E-state index in [0.717, 1.165) is 35.8 Å². The zero-order valence-electron chi connectivity index (χ0n) is 11.3. The highest BCUT2D eigenvalue weighted by Crippen LogP contribution is 2.17. The SMILES string of the molecule is CCNC(Cc1ccccc1Cl)Cc1ncnn1C. The highest BCUT2D eigenvalue weighted by atomic mass is 35.5. The molecule has 0 spiro atoms. The summed E-state index contributed by atoms with van der Waals surface area (Å²) in [6, 6.07) is 8.29. The molecule has 0 radical (unpaired) electrons. The molecule has 2 rings (SSSR count). The van der Waals surface area contributed by atoms with Crippen LogP contribution in [-0.2, 0) is 19.9 Å². The third-order valence-electron chi connectivity index (χ3n) is 3.15. The van der Waals surface area contributed by atoms with Gasteiger partial charge in [-0.1, -0.05) is 36.7 Å². The second-order valence-corrected chi connectivity index (χ2v) is 4.96. The Morgan fingerprint density at radius 3 is 2.74 bits per heavy atom. The maximum atomic E-state index is 6.22. The van der Waals surface area contributed by atoms with Crippen LogP contribution in [-0.4, -0.2) is 27.4 Å². The standard InChI is InChI=1S/C14H19ClN4/c1-3-16-12(9-14-17-10-18-19(14)2)8-11-6-4-5-7-13(11)15/h4-7,10,12,16H,3,8-9H2,1-2H3. The normalized spacial score (nSPS) is 12.6. The van der Waals surface area contributed by atoms with Crippen molar-refractivity contribution in [2.24, 2.45) is 7.05 Å². The molecule has 1 atom stereocenters. The molecule has 0 fully saturated rings.